The second-order valence-electron chi connectivity index (χ2n) is 7.63. The molecular weight excluding hydrogens is 386 g/mol. The predicted molar refractivity (Wildman–Crippen MR) is 130 cm³/mol. The minimum absolute atomic E-state index is 0.713. The monoisotopic (exact) mass is 411 g/mol. The van der Waals surface area contributed by atoms with Crippen LogP contribution in [0.2, 0.25) is 5.02 Å². The SMILES string of the molecule is CCc1ccccc1CCCc1cccc(/C=C/c2ccc3ccc(Cl)cc3n2)c1. The fourth-order valence-corrected chi connectivity index (χ4v) is 4.03. The predicted octanol–water partition coefficient (Wildman–Crippen LogP) is 7.80. The Bertz CT molecular complexity index is 1180. The number of nitrogens with zero attached hydrogens (tertiary/aromatic N) is 1. The fourth-order valence-electron chi connectivity index (χ4n) is 3.86. The van der Waals surface area contributed by atoms with Crippen molar-refractivity contribution in [3.8, 4) is 0 Å². The van der Waals surface area contributed by atoms with E-state index in [0.717, 1.165) is 42.3 Å². The molecule has 30 heavy (non-hydrogen) atoms. The van der Waals surface area contributed by atoms with Crippen molar-refractivity contribution < 1.29 is 0 Å². The number of aryl methyl sites for hydroxylation is 3. The summed E-state index contributed by atoms with van der Waals surface area (Å²) >= 11 is 6.10. The van der Waals surface area contributed by atoms with Crippen molar-refractivity contribution >= 4 is 34.7 Å². The van der Waals surface area contributed by atoms with Crippen LogP contribution in [0.1, 0.15) is 41.3 Å². The van der Waals surface area contributed by atoms with Gasteiger partial charge >= 0.3 is 0 Å². The number of halogens is 1. The maximum atomic E-state index is 6.10. The Hall–Kier alpha value is -2.90. The van der Waals surface area contributed by atoms with Gasteiger partial charge < -0.3 is 0 Å². The maximum absolute atomic E-state index is 6.10. The van der Waals surface area contributed by atoms with Crippen molar-refractivity contribution in [2.75, 3.05) is 0 Å². The molecule has 0 saturated carbocycles. The average molecular weight is 412 g/mol. The molecular formula is C28H26ClN. The average Bonchev–Trinajstić information content (AvgIpc) is 2.78. The smallest absolute Gasteiger partial charge is 0.0724 e. The summed E-state index contributed by atoms with van der Waals surface area (Å²) in [4.78, 5) is 4.70. The van der Waals surface area contributed by atoms with Crippen molar-refractivity contribution in [2.24, 2.45) is 0 Å². The Morgan fingerprint density at radius 2 is 1.63 bits per heavy atom. The molecule has 1 aromatic heterocycles. The molecule has 0 atom stereocenters. The molecule has 0 N–H and O–H groups in total. The van der Waals surface area contributed by atoms with E-state index in [1.807, 2.05) is 24.3 Å². The first-order valence-electron chi connectivity index (χ1n) is 10.6. The van der Waals surface area contributed by atoms with E-state index in [-0.39, 0.29) is 0 Å². The van der Waals surface area contributed by atoms with E-state index in [1.54, 1.807) is 0 Å². The molecule has 4 aromatic rings. The van der Waals surface area contributed by atoms with Gasteiger partial charge in [0.2, 0.25) is 0 Å². The summed E-state index contributed by atoms with van der Waals surface area (Å²) in [5.74, 6) is 0. The van der Waals surface area contributed by atoms with Crippen LogP contribution in [0.4, 0.5) is 0 Å². The molecule has 1 heterocycles. The lowest BCUT2D eigenvalue weighted by Gasteiger charge is -2.08. The highest BCUT2D eigenvalue weighted by Crippen LogP contribution is 2.19. The van der Waals surface area contributed by atoms with Gasteiger partial charge in [0.25, 0.3) is 0 Å². The van der Waals surface area contributed by atoms with Gasteiger partial charge in [-0.25, -0.2) is 4.98 Å². The number of hydrogen-bond acceptors (Lipinski definition) is 1. The van der Waals surface area contributed by atoms with E-state index in [4.69, 9.17) is 16.6 Å². The van der Waals surface area contributed by atoms with E-state index in [9.17, 15) is 0 Å². The molecule has 150 valence electrons. The zero-order chi connectivity index (χ0) is 20.8. The minimum atomic E-state index is 0.713. The van der Waals surface area contributed by atoms with Crippen LogP contribution in [-0.4, -0.2) is 4.98 Å². The van der Waals surface area contributed by atoms with Crippen LogP contribution in [0.15, 0.2) is 78.9 Å². The van der Waals surface area contributed by atoms with Crippen LogP contribution >= 0.6 is 11.6 Å². The summed E-state index contributed by atoms with van der Waals surface area (Å²) in [5, 5.41) is 1.81. The van der Waals surface area contributed by atoms with E-state index in [0.29, 0.717) is 5.02 Å². The summed E-state index contributed by atoms with van der Waals surface area (Å²) in [6.07, 6.45) is 8.69. The molecule has 0 saturated heterocycles. The van der Waals surface area contributed by atoms with Crippen LogP contribution < -0.4 is 0 Å². The van der Waals surface area contributed by atoms with E-state index in [1.165, 1.54) is 22.3 Å². The number of hydrogen-bond donors (Lipinski definition) is 0. The number of fused-ring (bicyclic) bond motifs is 1. The molecule has 4 rings (SSSR count). The lowest BCUT2D eigenvalue weighted by Crippen LogP contribution is -1.95. The van der Waals surface area contributed by atoms with Gasteiger partial charge in [-0.3, -0.25) is 0 Å². The molecule has 0 amide bonds. The highest BCUT2D eigenvalue weighted by atomic mass is 35.5. The van der Waals surface area contributed by atoms with Gasteiger partial charge in [0.05, 0.1) is 11.2 Å². The molecule has 0 aliphatic rings. The van der Waals surface area contributed by atoms with Crippen molar-refractivity contribution in [3.63, 3.8) is 0 Å². The highest BCUT2D eigenvalue weighted by molar-refractivity contribution is 6.31. The van der Waals surface area contributed by atoms with Gasteiger partial charge in [0.1, 0.15) is 0 Å². The van der Waals surface area contributed by atoms with Crippen LogP contribution in [0, 0.1) is 0 Å². The molecule has 3 aromatic carbocycles. The summed E-state index contributed by atoms with van der Waals surface area (Å²) in [6, 6.07) is 27.5. The van der Waals surface area contributed by atoms with Gasteiger partial charge in [-0.15, -0.1) is 0 Å². The Balaban J connectivity index is 1.42. The lowest BCUT2D eigenvalue weighted by molar-refractivity contribution is 0.811. The fraction of sp³-hybridized carbons (Fsp3) is 0.179. The molecule has 0 fully saturated rings. The summed E-state index contributed by atoms with van der Waals surface area (Å²) in [6.45, 7) is 2.23. The Kier molecular flexibility index (Phi) is 6.61. The summed E-state index contributed by atoms with van der Waals surface area (Å²) in [7, 11) is 0. The second-order valence-corrected chi connectivity index (χ2v) is 8.06. The Labute approximate surface area is 184 Å². The summed E-state index contributed by atoms with van der Waals surface area (Å²) in [5.41, 5.74) is 7.40. The lowest BCUT2D eigenvalue weighted by atomic mass is 9.98. The normalized spacial score (nSPS) is 11.4. The van der Waals surface area contributed by atoms with Gasteiger partial charge in [-0.1, -0.05) is 85.3 Å². The number of pyridine rings is 1. The number of benzene rings is 3. The van der Waals surface area contributed by atoms with Crippen LogP contribution in [-0.2, 0) is 19.3 Å². The van der Waals surface area contributed by atoms with Gasteiger partial charge in [0, 0.05) is 10.4 Å². The van der Waals surface area contributed by atoms with Gasteiger partial charge in [0.15, 0.2) is 0 Å². The molecule has 0 aliphatic heterocycles. The standard InChI is InChI=1S/C28H26ClN/c1-2-23-10-3-4-11-24(23)12-6-9-21-7-5-8-22(19-21)13-17-27-18-15-25-14-16-26(29)20-28(25)30-27/h3-5,7-8,10-11,13-20H,2,6,9,12H2,1H3/b17-13+. The third-order valence-corrected chi connectivity index (χ3v) is 5.72. The molecule has 0 bridgehead atoms. The topological polar surface area (TPSA) is 12.9 Å². The quantitative estimate of drug-likeness (QED) is 0.302. The molecule has 0 aliphatic carbocycles. The third-order valence-electron chi connectivity index (χ3n) is 5.48. The Morgan fingerprint density at radius 1 is 0.800 bits per heavy atom. The van der Waals surface area contributed by atoms with E-state index < -0.39 is 0 Å². The minimum Gasteiger partial charge on any atom is -0.248 e. The first-order chi connectivity index (χ1) is 14.7. The zero-order valence-corrected chi connectivity index (χ0v) is 18.1. The van der Waals surface area contributed by atoms with E-state index in [2.05, 4.69) is 73.7 Å². The zero-order valence-electron chi connectivity index (χ0n) is 17.3. The first-order valence-corrected chi connectivity index (χ1v) is 11.0. The van der Waals surface area contributed by atoms with Crippen LogP contribution in [0.25, 0.3) is 23.1 Å². The van der Waals surface area contributed by atoms with Crippen molar-refractivity contribution in [2.45, 2.75) is 32.6 Å². The number of aromatic nitrogens is 1. The Morgan fingerprint density at radius 3 is 2.50 bits per heavy atom. The van der Waals surface area contributed by atoms with Gasteiger partial charge in [-0.05, 0) is 72.2 Å². The highest BCUT2D eigenvalue weighted by Gasteiger charge is 2.01. The number of rotatable bonds is 7. The van der Waals surface area contributed by atoms with E-state index >= 15 is 0 Å². The summed E-state index contributed by atoms with van der Waals surface area (Å²) < 4.78 is 0. The van der Waals surface area contributed by atoms with Crippen molar-refractivity contribution in [1.82, 2.24) is 4.98 Å². The van der Waals surface area contributed by atoms with Crippen LogP contribution in [0.5, 0.6) is 0 Å². The first kappa shape index (κ1) is 20.4. The van der Waals surface area contributed by atoms with Gasteiger partial charge in [-0.2, -0.15) is 0 Å². The van der Waals surface area contributed by atoms with Crippen molar-refractivity contribution in [1.29, 1.82) is 0 Å². The van der Waals surface area contributed by atoms with Crippen molar-refractivity contribution in [3.05, 3.63) is 112 Å². The largest absolute Gasteiger partial charge is 0.248 e. The molecule has 0 radical (unpaired) electrons. The molecule has 0 spiro atoms. The van der Waals surface area contributed by atoms with Crippen LogP contribution in [0.3, 0.4) is 0 Å². The third kappa shape index (κ3) is 5.17. The molecule has 2 heteroatoms. The maximum Gasteiger partial charge on any atom is 0.0724 e. The molecule has 0 unspecified atom stereocenters. The molecule has 1 nitrogen and oxygen atoms in total. The second kappa shape index (κ2) is 9.73.